The van der Waals surface area contributed by atoms with Gasteiger partial charge in [0.05, 0.1) is 12.3 Å². The molecule has 0 spiro atoms. The van der Waals surface area contributed by atoms with E-state index in [4.69, 9.17) is 14.3 Å². The van der Waals surface area contributed by atoms with E-state index in [9.17, 15) is 4.79 Å². The maximum atomic E-state index is 10.5. The lowest BCUT2D eigenvalue weighted by Gasteiger charge is -2.02. The smallest absolute Gasteiger partial charge is 0.312 e. The van der Waals surface area contributed by atoms with Crippen molar-refractivity contribution in [2.24, 2.45) is 0 Å². The number of rotatable bonds is 3. The third kappa shape index (κ3) is 2.18. The van der Waals surface area contributed by atoms with E-state index in [-0.39, 0.29) is 18.2 Å². The molecule has 1 aliphatic heterocycles. The van der Waals surface area contributed by atoms with Crippen molar-refractivity contribution in [1.29, 1.82) is 0 Å². The van der Waals surface area contributed by atoms with Crippen LogP contribution in [0.2, 0.25) is 0 Å². The minimum absolute atomic E-state index is 0.158. The lowest BCUT2D eigenvalue weighted by Crippen LogP contribution is -2.02. The average Bonchev–Trinajstić information content (AvgIpc) is 2.72. The molecule has 0 aromatic carbocycles. The SMILES string of the molecule is Cc1oc(CC(=O)O)nc1C1CCOC1. The summed E-state index contributed by atoms with van der Waals surface area (Å²) in [5, 5.41) is 8.61. The molecule has 1 aliphatic rings. The van der Waals surface area contributed by atoms with Gasteiger partial charge in [0.15, 0.2) is 0 Å². The van der Waals surface area contributed by atoms with Crippen molar-refractivity contribution in [1.82, 2.24) is 4.98 Å². The largest absolute Gasteiger partial charge is 0.481 e. The van der Waals surface area contributed by atoms with Crippen molar-refractivity contribution in [3.63, 3.8) is 0 Å². The fraction of sp³-hybridized carbons (Fsp3) is 0.600. The van der Waals surface area contributed by atoms with Gasteiger partial charge in [-0.05, 0) is 13.3 Å². The van der Waals surface area contributed by atoms with Crippen molar-refractivity contribution in [2.75, 3.05) is 13.2 Å². The fourth-order valence-electron chi connectivity index (χ4n) is 1.80. The Morgan fingerprint density at radius 1 is 1.67 bits per heavy atom. The van der Waals surface area contributed by atoms with E-state index in [1.54, 1.807) is 0 Å². The summed E-state index contributed by atoms with van der Waals surface area (Å²) in [6, 6.07) is 0. The summed E-state index contributed by atoms with van der Waals surface area (Å²) >= 11 is 0. The summed E-state index contributed by atoms with van der Waals surface area (Å²) < 4.78 is 10.5. The zero-order valence-electron chi connectivity index (χ0n) is 8.52. The number of aromatic nitrogens is 1. The predicted molar refractivity (Wildman–Crippen MR) is 50.8 cm³/mol. The summed E-state index contributed by atoms with van der Waals surface area (Å²) in [4.78, 5) is 14.7. The molecular formula is C10H13NO4. The van der Waals surface area contributed by atoms with Crippen molar-refractivity contribution < 1.29 is 19.1 Å². The average molecular weight is 211 g/mol. The van der Waals surface area contributed by atoms with E-state index in [1.807, 2.05) is 6.92 Å². The van der Waals surface area contributed by atoms with Gasteiger partial charge in [0.1, 0.15) is 12.2 Å². The Morgan fingerprint density at radius 2 is 2.47 bits per heavy atom. The van der Waals surface area contributed by atoms with Crippen molar-refractivity contribution in [3.05, 3.63) is 17.3 Å². The minimum Gasteiger partial charge on any atom is -0.481 e. The number of carboxylic acids is 1. The normalized spacial score (nSPS) is 20.7. The molecule has 1 unspecified atom stereocenters. The van der Waals surface area contributed by atoms with E-state index in [0.29, 0.717) is 12.4 Å². The van der Waals surface area contributed by atoms with E-state index >= 15 is 0 Å². The van der Waals surface area contributed by atoms with E-state index in [2.05, 4.69) is 4.98 Å². The summed E-state index contributed by atoms with van der Waals surface area (Å²) in [6.07, 6.45) is 0.772. The highest BCUT2D eigenvalue weighted by Gasteiger charge is 2.24. The Morgan fingerprint density at radius 3 is 3.07 bits per heavy atom. The highest BCUT2D eigenvalue weighted by Crippen LogP contribution is 2.27. The van der Waals surface area contributed by atoms with Crippen LogP contribution in [0, 0.1) is 6.92 Å². The number of aliphatic carboxylic acids is 1. The summed E-state index contributed by atoms with van der Waals surface area (Å²) in [6.45, 7) is 3.21. The van der Waals surface area contributed by atoms with Crippen LogP contribution in [0.5, 0.6) is 0 Å². The molecule has 2 heterocycles. The Hall–Kier alpha value is -1.36. The lowest BCUT2D eigenvalue weighted by molar-refractivity contribution is -0.136. The number of aryl methyl sites for hydroxylation is 1. The molecule has 1 N–H and O–H groups in total. The number of ether oxygens (including phenoxy) is 1. The molecule has 5 heteroatoms. The van der Waals surface area contributed by atoms with E-state index in [0.717, 1.165) is 18.7 Å². The third-order valence-electron chi connectivity index (χ3n) is 2.50. The van der Waals surface area contributed by atoms with Gasteiger partial charge in [0.25, 0.3) is 0 Å². The lowest BCUT2D eigenvalue weighted by atomic mass is 10.0. The molecule has 0 saturated carbocycles. The Kier molecular flexibility index (Phi) is 2.73. The van der Waals surface area contributed by atoms with E-state index < -0.39 is 5.97 Å². The van der Waals surface area contributed by atoms with Crippen LogP contribution >= 0.6 is 0 Å². The molecular weight excluding hydrogens is 198 g/mol. The van der Waals surface area contributed by atoms with Crippen LogP contribution in [-0.2, 0) is 16.0 Å². The maximum Gasteiger partial charge on any atom is 0.312 e. The zero-order chi connectivity index (χ0) is 10.8. The first-order chi connectivity index (χ1) is 7.16. The van der Waals surface area contributed by atoms with Gasteiger partial charge < -0.3 is 14.3 Å². The molecule has 1 aromatic heterocycles. The summed E-state index contributed by atoms with van der Waals surface area (Å²) in [5.41, 5.74) is 0.851. The van der Waals surface area contributed by atoms with E-state index in [1.165, 1.54) is 0 Å². The minimum atomic E-state index is -0.925. The Bertz CT molecular complexity index is 365. The van der Waals surface area contributed by atoms with Gasteiger partial charge in [-0.2, -0.15) is 0 Å². The third-order valence-corrected chi connectivity index (χ3v) is 2.50. The van der Waals surface area contributed by atoms with Crippen LogP contribution in [0.3, 0.4) is 0 Å². The van der Waals surface area contributed by atoms with Gasteiger partial charge in [-0.15, -0.1) is 0 Å². The molecule has 0 amide bonds. The Labute approximate surface area is 87.1 Å². The summed E-state index contributed by atoms with van der Waals surface area (Å²) in [5.74, 6) is 0.324. The Balaban J connectivity index is 2.17. The fourth-order valence-corrected chi connectivity index (χ4v) is 1.80. The second-order valence-corrected chi connectivity index (χ2v) is 3.68. The number of hydrogen-bond acceptors (Lipinski definition) is 4. The predicted octanol–water partition coefficient (Wildman–Crippen LogP) is 1.11. The topological polar surface area (TPSA) is 72.6 Å². The first-order valence-corrected chi connectivity index (χ1v) is 4.92. The van der Waals surface area contributed by atoms with Gasteiger partial charge in [-0.3, -0.25) is 4.79 Å². The first kappa shape index (κ1) is 10.2. The van der Waals surface area contributed by atoms with Crippen LogP contribution < -0.4 is 0 Å². The van der Waals surface area contributed by atoms with Gasteiger partial charge in [-0.25, -0.2) is 4.98 Å². The molecule has 1 saturated heterocycles. The molecule has 1 atom stereocenters. The van der Waals surface area contributed by atoms with Gasteiger partial charge in [0, 0.05) is 12.5 Å². The van der Waals surface area contributed by atoms with Crippen molar-refractivity contribution >= 4 is 5.97 Å². The van der Waals surface area contributed by atoms with Crippen LogP contribution in [0.4, 0.5) is 0 Å². The molecule has 0 radical (unpaired) electrons. The van der Waals surface area contributed by atoms with Crippen molar-refractivity contribution in [3.8, 4) is 0 Å². The molecule has 0 bridgehead atoms. The van der Waals surface area contributed by atoms with Crippen LogP contribution in [0.15, 0.2) is 4.42 Å². The number of carbonyl (C=O) groups is 1. The molecule has 2 rings (SSSR count). The van der Waals surface area contributed by atoms with Gasteiger partial charge >= 0.3 is 5.97 Å². The van der Waals surface area contributed by atoms with Crippen molar-refractivity contribution in [2.45, 2.75) is 25.7 Å². The number of carboxylic acid groups (broad SMARTS) is 1. The zero-order valence-corrected chi connectivity index (χ0v) is 8.52. The quantitative estimate of drug-likeness (QED) is 0.810. The van der Waals surface area contributed by atoms with Gasteiger partial charge in [-0.1, -0.05) is 0 Å². The second kappa shape index (κ2) is 4.02. The molecule has 1 aromatic rings. The highest BCUT2D eigenvalue weighted by molar-refractivity contribution is 5.68. The van der Waals surface area contributed by atoms with Crippen LogP contribution in [0.25, 0.3) is 0 Å². The highest BCUT2D eigenvalue weighted by atomic mass is 16.5. The maximum absolute atomic E-state index is 10.5. The second-order valence-electron chi connectivity index (χ2n) is 3.68. The first-order valence-electron chi connectivity index (χ1n) is 4.92. The molecule has 15 heavy (non-hydrogen) atoms. The molecule has 5 nitrogen and oxygen atoms in total. The number of hydrogen-bond donors (Lipinski definition) is 1. The number of oxazole rings is 1. The number of nitrogens with zero attached hydrogens (tertiary/aromatic N) is 1. The standard InChI is InChI=1S/C10H13NO4/c1-6-10(7-2-3-14-5-7)11-8(15-6)4-9(12)13/h7H,2-5H2,1H3,(H,12,13). The monoisotopic (exact) mass is 211 g/mol. The molecule has 1 fully saturated rings. The summed E-state index contributed by atoms with van der Waals surface area (Å²) in [7, 11) is 0. The van der Waals surface area contributed by atoms with Crippen LogP contribution in [0.1, 0.15) is 29.7 Å². The van der Waals surface area contributed by atoms with Crippen LogP contribution in [-0.4, -0.2) is 29.3 Å². The molecule has 0 aliphatic carbocycles. The molecule has 82 valence electrons. The van der Waals surface area contributed by atoms with Gasteiger partial charge in [0.2, 0.25) is 5.89 Å².